The molecule has 2 heterocycles. The Hall–Kier alpha value is -3.25. The smallest absolute Gasteiger partial charge is 0.255 e. The van der Waals surface area contributed by atoms with E-state index in [4.69, 9.17) is 0 Å². The fraction of sp³-hybridized carbons (Fsp3) is 0.136. The van der Waals surface area contributed by atoms with Crippen molar-refractivity contribution < 1.29 is 4.79 Å². The van der Waals surface area contributed by atoms with Gasteiger partial charge in [0.2, 0.25) is 0 Å². The predicted octanol–water partition coefficient (Wildman–Crippen LogP) is 4.99. The Balaban J connectivity index is 1.64. The second kappa shape index (κ2) is 7.40. The first-order valence-corrected chi connectivity index (χ1v) is 9.74. The van der Waals surface area contributed by atoms with E-state index in [-0.39, 0.29) is 5.91 Å². The maximum Gasteiger partial charge on any atom is 0.255 e. The second-order valence-corrected chi connectivity index (χ2v) is 7.75. The molecular formula is C22H20N4OS. The molecule has 6 heteroatoms. The summed E-state index contributed by atoms with van der Waals surface area (Å²) in [5.41, 5.74) is 5.24. The van der Waals surface area contributed by atoms with Crippen molar-refractivity contribution in [3.63, 3.8) is 0 Å². The molecule has 1 amide bonds. The number of carbonyl (C=O) groups excluding carboxylic acids is 1. The molecule has 0 fully saturated rings. The zero-order valence-corrected chi connectivity index (χ0v) is 16.7. The molecule has 0 bridgehead atoms. The monoisotopic (exact) mass is 388 g/mol. The number of anilines is 2. The molecule has 0 radical (unpaired) electrons. The number of amides is 1. The molecule has 4 rings (SSSR count). The van der Waals surface area contributed by atoms with E-state index in [1.54, 1.807) is 17.5 Å². The Labute approximate surface area is 167 Å². The highest BCUT2D eigenvalue weighted by molar-refractivity contribution is 7.21. The molecule has 0 aliphatic carbocycles. The van der Waals surface area contributed by atoms with Gasteiger partial charge in [0.05, 0.1) is 0 Å². The molecule has 4 aromatic rings. The van der Waals surface area contributed by atoms with E-state index in [2.05, 4.69) is 15.3 Å². The molecular weight excluding hydrogens is 368 g/mol. The fourth-order valence-electron chi connectivity index (χ4n) is 2.90. The lowest BCUT2D eigenvalue weighted by molar-refractivity contribution is 0.102. The number of carbonyl (C=O) groups is 1. The standard InChI is InChI=1S/C22H20N4OS/c1-14-9-10-16(21-25-18-8-5-11-23-22(18)28-21)13-19(14)24-20(27)15-6-4-7-17(12-15)26(2)3/h4-13H,1-3H3,(H,24,27). The molecule has 2 aromatic heterocycles. The number of nitrogens with zero attached hydrogens (tertiary/aromatic N) is 3. The number of nitrogens with one attached hydrogen (secondary N) is 1. The van der Waals surface area contributed by atoms with E-state index >= 15 is 0 Å². The number of pyridine rings is 1. The van der Waals surface area contributed by atoms with Crippen LogP contribution in [-0.2, 0) is 0 Å². The Kier molecular flexibility index (Phi) is 4.79. The molecule has 140 valence electrons. The number of thiazole rings is 1. The van der Waals surface area contributed by atoms with Crippen molar-refractivity contribution in [2.45, 2.75) is 6.92 Å². The molecule has 0 aliphatic rings. The molecule has 5 nitrogen and oxygen atoms in total. The van der Waals surface area contributed by atoms with Gasteiger partial charge in [-0.15, -0.1) is 0 Å². The first-order valence-electron chi connectivity index (χ1n) is 8.92. The maximum atomic E-state index is 12.8. The highest BCUT2D eigenvalue weighted by Crippen LogP contribution is 2.31. The van der Waals surface area contributed by atoms with Crippen LogP contribution in [0.25, 0.3) is 20.9 Å². The third kappa shape index (κ3) is 3.59. The Morgan fingerprint density at radius 1 is 1.07 bits per heavy atom. The largest absolute Gasteiger partial charge is 0.378 e. The quantitative estimate of drug-likeness (QED) is 0.535. The van der Waals surface area contributed by atoms with E-state index in [0.29, 0.717) is 5.56 Å². The van der Waals surface area contributed by atoms with Crippen molar-refractivity contribution in [3.8, 4) is 10.6 Å². The summed E-state index contributed by atoms with van der Waals surface area (Å²) in [7, 11) is 3.91. The van der Waals surface area contributed by atoms with E-state index in [9.17, 15) is 4.79 Å². The van der Waals surface area contributed by atoms with Gasteiger partial charge in [-0.25, -0.2) is 9.97 Å². The van der Waals surface area contributed by atoms with Gasteiger partial charge < -0.3 is 10.2 Å². The summed E-state index contributed by atoms with van der Waals surface area (Å²) in [5.74, 6) is -0.130. The van der Waals surface area contributed by atoms with Crippen LogP contribution in [-0.4, -0.2) is 30.0 Å². The molecule has 0 saturated carbocycles. The minimum Gasteiger partial charge on any atom is -0.378 e. The van der Waals surface area contributed by atoms with Gasteiger partial charge in [-0.05, 0) is 48.9 Å². The number of aromatic nitrogens is 2. The summed E-state index contributed by atoms with van der Waals surface area (Å²) in [6.45, 7) is 1.98. The van der Waals surface area contributed by atoms with Gasteiger partial charge in [-0.2, -0.15) is 0 Å². The molecule has 1 N–H and O–H groups in total. The van der Waals surface area contributed by atoms with E-state index in [0.717, 1.165) is 37.9 Å². The predicted molar refractivity (Wildman–Crippen MR) is 116 cm³/mol. The Morgan fingerprint density at radius 3 is 2.71 bits per heavy atom. The number of benzene rings is 2. The van der Waals surface area contributed by atoms with Crippen LogP contribution in [0.1, 0.15) is 15.9 Å². The normalized spacial score (nSPS) is 10.8. The van der Waals surface area contributed by atoms with Gasteiger partial charge in [0.15, 0.2) is 0 Å². The van der Waals surface area contributed by atoms with Gasteiger partial charge in [0.1, 0.15) is 15.4 Å². The summed E-state index contributed by atoms with van der Waals surface area (Å²) < 4.78 is 0. The van der Waals surface area contributed by atoms with Crippen LogP contribution in [0.3, 0.4) is 0 Å². The van der Waals surface area contributed by atoms with Crippen LogP contribution in [0, 0.1) is 6.92 Å². The summed E-state index contributed by atoms with van der Waals surface area (Å²) >= 11 is 1.54. The van der Waals surface area contributed by atoms with Crippen LogP contribution in [0.4, 0.5) is 11.4 Å². The molecule has 0 atom stereocenters. The second-order valence-electron chi connectivity index (χ2n) is 6.78. The van der Waals surface area contributed by atoms with Crippen LogP contribution < -0.4 is 10.2 Å². The minimum atomic E-state index is -0.130. The number of fused-ring (bicyclic) bond motifs is 1. The summed E-state index contributed by atoms with van der Waals surface area (Å²) in [6, 6.07) is 17.4. The van der Waals surface area contributed by atoms with E-state index < -0.39 is 0 Å². The highest BCUT2D eigenvalue weighted by Gasteiger charge is 2.12. The van der Waals surface area contributed by atoms with Gasteiger partial charge in [0, 0.05) is 42.8 Å². The fourth-order valence-corrected chi connectivity index (χ4v) is 3.81. The number of aryl methyl sites for hydroxylation is 1. The average Bonchev–Trinajstić information content (AvgIpc) is 3.14. The highest BCUT2D eigenvalue weighted by atomic mass is 32.1. The summed E-state index contributed by atoms with van der Waals surface area (Å²) in [5, 5.41) is 3.93. The van der Waals surface area contributed by atoms with Crippen LogP contribution in [0.15, 0.2) is 60.8 Å². The van der Waals surface area contributed by atoms with Crippen molar-refractivity contribution >= 4 is 39.0 Å². The lowest BCUT2D eigenvalue weighted by Crippen LogP contribution is -2.14. The molecule has 0 aliphatic heterocycles. The zero-order valence-electron chi connectivity index (χ0n) is 15.9. The first-order chi connectivity index (χ1) is 13.5. The lowest BCUT2D eigenvalue weighted by atomic mass is 10.1. The van der Waals surface area contributed by atoms with Crippen molar-refractivity contribution in [1.29, 1.82) is 0 Å². The van der Waals surface area contributed by atoms with Crippen molar-refractivity contribution in [2.24, 2.45) is 0 Å². The van der Waals surface area contributed by atoms with Gasteiger partial charge in [-0.1, -0.05) is 29.5 Å². The van der Waals surface area contributed by atoms with Gasteiger partial charge >= 0.3 is 0 Å². The SMILES string of the molecule is Cc1ccc(-c2nc3cccnc3s2)cc1NC(=O)c1cccc(N(C)C)c1. The maximum absolute atomic E-state index is 12.8. The average molecular weight is 388 g/mol. The third-order valence-corrected chi connectivity index (χ3v) is 5.55. The van der Waals surface area contributed by atoms with Crippen LogP contribution >= 0.6 is 11.3 Å². The molecule has 2 aromatic carbocycles. The first kappa shape index (κ1) is 18.1. The molecule has 0 saturated heterocycles. The zero-order chi connectivity index (χ0) is 19.7. The number of rotatable bonds is 4. The van der Waals surface area contributed by atoms with Crippen molar-refractivity contribution in [3.05, 3.63) is 71.9 Å². The summed E-state index contributed by atoms with van der Waals surface area (Å²) in [6.07, 6.45) is 1.77. The van der Waals surface area contributed by atoms with Gasteiger partial charge in [-0.3, -0.25) is 4.79 Å². The lowest BCUT2D eigenvalue weighted by Gasteiger charge is -2.14. The Bertz CT molecular complexity index is 1130. The minimum absolute atomic E-state index is 0.130. The number of hydrogen-bond acceptors (Lipinski definition) is 5. The summed E-state index contributed by atoms with van der Waals surface area (Å²) in [4.78, 5) is 24.7. The topological polar surface area (TPSA) is 58.1 Å². The molecule has 0 unspecified atom stereocenters. The number of hydrogen-bond donors (Lipinski definition) is 1. The Morgan fingerprint density at radius 2 is 1.93 bits per heavy atom. The third-order valence-electron chi connectivity index (χ3n) is 4.52. The van der Waals surface area contributed by atoms with Gasteiger partial charge in [0.25, 0.3) is 5.91 Å². The van der Waals surface area contributed by atoms with E-state index in [1.165, 1.54) is 0 Å². The van der Waals surface area contributed by atoms with Crippen molar-refractivity contribution in [1.82, 2.24) is 9.97 Å². The van der Waals surface area contributed by atoms with Crippen molar-refractivity contribution in [2.75, 3.05) is 24.3 Å². The molecule has 0 spiro atoms. The van der Waals surface area contributed by atoms with Crippen LogP contribution in [0.5, 0.6) is 0 Å². The van der Waals surface area contributed by atoms with Crippen LogP contribution in [0.2, 0.25) is 0 Å². The van der Waals surface area contributed by atoms with E-state index in [1.807, 2.05) is 80.5 Å². The molecule has 28 heavy (non-hydrogen) atoms.